The molecule has 82 valence electrons. The summed E-state index contributed by atoms with van der Waals surface area (Å²) in [5.41, 5.74) is 3.63. The molecule has 0 atom stereocenters. The molecular weight excluding hydrogens is 200 g/mol. The number of aromatic nitrogens is 2. The van der Waals surface area contributed by atoms with Crippen LogP contribution >= 0.6 is 0 Å². The van der Waals surface area contributed by atoms with Gasteiger partial charge < -0.3 is 4.74 Å². The average molecular weight is 214 g/mol. The van der Waals surface area contributed by atoms with E-state index in [1.54, 1.807) is 0 Å². The molecule has 0 N–H and O–H groups in total. The number of nitrogens with zero attached hydrogens (tertiary/aromatic N) is 2. The maximum atomic E-state index is 5.50. The first-order valence-corrected chi connectivity index (χ1v) is 5.60. The summed E-state index contributed by atoms with van der Waals surface area (Å²) in [6.07, 6.45) is 2.95. The van der Waals surface area contributed by atoms with Crippen LogP contribution in [0.4, 0.5) is 0 Å². The molecule has 0 spiro atoms. The topological polar surface area (TPSA) is 27.1 Å². The monoisotopic (exact) mass is 214 g/mol. The van der Waals surface area contributed by atoms with Crippen molar-refractivity contribution in [3.8, 4) is 17.3 Å². The molecule has 3 rings (SSSR count). The number of imidazole rings is 1. The van der Waals surface area contributed by atoms with Crippen LogP contribution in [0, 0.1) is 6.92 Å². The lowest BCUT2D eigenvalue weighted by Gasteiger charge is -2.16. The van der Waals surface area contributed by atoms with E-state index in [1.165, 1.54) is 11.1 Å². The Kier molecular flexibility index (Phi) is 2.17. The first-order chi connectivity index (χ1) is 7.84. The maximum absolute atomic E-state index is 5.50. The van der Waals surface area contributed by atoms with Crippen molar-refractivity contribution < 1.29 is 4.74 Å². The van der Waals surface area contributed by atoms with Crippen LogP contribution in [0.5, 0.6) is 6.01 Å². The zero-order chi connectivity index (χ0) is 11.0. The highest BCUT2D eigenvalue weighted by molar-refractivity contribution is 5.60. The predicted octanol–water partition coefficient (Wildman–Crippen LogP) is 2.64. The molecule has 1 aromatic heterocycles. The van der Waals surface area contributed by atoms with E-state index in [2.05, 4.69) is 40.7 Å². The molecule has 0 saturated carbocycles. The van der Waals surface area contributed by atoms with Crippen molar-refractivity contribution in [1.82, 2.24) is 9.55 Å². The van der Waals surface area contributed by atoms with Crippen molar-refractivity contribution in [2.45, 2.75) is 19.9 Å². The predicted molar refractivity (Wildman–Crippen MR) is 62.5 cm³/mol. The Morgan fingerprint density at radius 2 is 2.06 bits per heavy atom. The van der Waals surface area contributed by atoms with Gasteiger partial charge >= 0.3 is 0 Å². The Balaban J connectivity index is 2.06. The molecule has 1 aliphatic rings. The van der Waals surface area contributed by atoms with Gasteiger partial charge in [-0.05, 0) is 18.9 Å². The molecule has 0 aliphatic carbocycles. The molecule has 0 bridgehead atoms. The highest BCUT2D eigenvalue weighted by Crippen LogP contribution is 2.26. The molecule has 0 amide bonds. The summed E-state index contributed by atoms with van der Waals surface area (Å²) in [5, 5.41) is 0. The van der Waals surface area contributed by atoms with Crippen LogP contribution in [0.25, 0.3) is 11.3 Å². The second-order valence-electron chi connectivity index (χ2n) is 4.15. The number of benzene rings is 1. The van der Waals surface area contributed by atoms with E-state index in [1.807, 2.05) is 6.20 Å². The lowest BCUT2D eigenvalue weighted by atomic mass is 10.1. The zero-order valence-electron chi connectivity index (χ0n) is 9.31. The van der Waals surface area contributed by atoms with E-state index < -0.39 is 0 Å². The van der Waals surface area contributed by atoms with Crippen LogP contribution in [-0.2, 0) is 6.54 Å². The fraction of sp³-hybridized carbons (Fsp3) is 0.308. The summed E-state index contributed by atoms with van der Waals surface area (Å²) in [6, 6.07) is 9.27. The SMILES string of the molecule is Cc1ccc(-c2cnc3n2CCCO3)cc1. The Hall–Kier alpha value is -1.77. The lowest BCUT2D eigenvalue weighted by molar-refractivity contribution is 0.232. The van der Waals surface area contributed by atoms with E-state index in [0.29, 0.717) is 0 Å². The summed E-state index contributed by atoms with van der Waals surface area (Å²) in [5.74, 6) is 0. The molecule has 16 heavy (non-hydrogen) atoms. The van der Waals surface area contributed by atoms with Gasteiger partial charge in [0.1, 0.15) is 0 Å². The lowest BCUT2D eigenvalue weighted by Crippen LogP contribution is -2.14. The molecular formula is C13H14N2O. The molecule has 3 heteroatoms. The van der Waals surface area contributed by atoms with Crippen molar-refractivity contribution in [3.63, 3.8) is 0 Å². The molecule has 1 aliphatic heterocycles. The molecule has 0 unspecified atom stereocenters. The van der Waals surface area contributed by atoms with Crippen LogP contribution in [0.1, 0.15) is 12.0 Å². The van der Waals surface area contributed by atoms with Gasteiger partial charge in [-0.1, -0.05) is 29.8 Å². The largest absolute Gasteiger partial charge is 0.465 e. The van der Waals surface area contributed by atoms with Crippen LogP contribution < -0.4 is 4.74 Å². The Morgan fingerprint density at radius 1 is 1.25 bits per heavy atom. The van der Waals surface area contributed by atoms with Gasteiger partial charge in [-0.2, -0.15) is 0 Å². The van der Waals surface area contributed by atoms with Gasteiger partial charge in [0, 0.05) is 6.54 Å². The van der Waals surface area contributed by atoms with Crippen molar-refractivity contribution >= 4 is 0 Å². The zero-order valence-corrected chi connectivity index (χ0v) is 9.31. The third-order valence-corrected chi connectivity index (χ3v) is 2.92. The molecule has 2 heterocycles. The summed E-state index contributed by atoms with van der Waals surface area (Å²) >= 11 is 0. The molecule has 0 fully saturated rings. The number of hydrogen-bond donors (Lipinski definition) is 0. The first-order valence-electron chi connectivity index (χ1n) is 5.60. The van der Waals surface area contributed by atoms with E-state index in [-0.39, 0.29) is 0 Å². The minimum Gasteiger partial charge on any atom is -0.465 e. The Bertz CT molecular complexity index is 499. The average Bonchev–Trinajstić information content (AvgIpc) is 2.74. The van der Waals surface area contributed by atoms with Gasteiger partial charge in [-0.3, -0.25) is 4.57 Å². The highest BCUT2D eigenvalue weighted by atomic mass is 16.5. The number of rotatable bonds is 1. The van der Waals surface area contributed by atoms with Gasteiger partial charge in [0.15, 0.2) is 0 Å². The number of aryl methyl sites for hydroxylation is 1. The molecule has 3 nitrogen and oxygen atoms in total. The Morgan fingerprint density at radius 3 is 2.88 bits per heavy atom. The number of ether oxygens (including phenoxy) is 1. The van der Waals surface area contributed by atoms with Crippen molar-refractivity contribution in [1.29, 1.82) is 0 Å². The first kappa shape index (κ1) is 9.46. The van der Waals surface area contributed by atoms with Gasteiger partial charge in [-0.15, -0.1) is 0 Å². The van der Waals surface area contributed by atoms with E-state index in [9.17, 15) is 0 Å². The fourth-order valence-electron chi connectivity index (χ4n) is 2.03. The van der Waals surface area contributed by atoms with Gasteiger partial charge in [0.25, 0.3) is 6.01 Å². The van der Waals surface area contributed by atoms with Crippen LogP contribution in [0.3, 0.4) is 0 Å². The fourth-order valence-corrected chi connectivity index (χ4v) is 2.03. The van der Waals surface area contributed by atoms with Crippen LogP contribution in [0.15, 0.2) is 30.5 Å². The van der Waals surface area contributed by atoms with Crippen molar-refractivity contribution in [2.24, 2.45) is 0 Å². The number of fused-ring (bicyclic) bond motifs is 1. The van der Waals surface area contributed by atoms with Gasteiger partial charge in [0.2, 0.25) is 0 Å². The third kappa shape index (κ3) is 1.48. The summed E-state index contributed by atoms with van der Waals surface area (Å²) in [7, 11) is 0. The molecule has 0 saturated heterocycles. The molecule has 1 aromatic carbocycles. The normalized spacial score (nSPS) is 14.3. The molecule has 2 aromatic rings. The Labute approximate surface area is 94.7 Å². The van der Waals surface area contributed by atoms with Crippen molar-refractivity contribution in [3.05, 3.63) is 36.0 Å². The third-order valence-electron chi connectivity index (χ3n) is 2.92. The highest BCUT2D eigenvalue weighted by Gasteiger charge is 2.15. The minimum absolute atomic E-state index is 0.752. The standard InChI is InChI=1S/C13H14N2O/c1-10-3-5-11(6-4-10)12-9-14-13-15(12)7-2-8-16-13/h3-6,9H,2,7-8H2,1H3. The molecule has 0 radical (unpaired) electrons. The van der Waals surface area contributed by atoms with Gasteiger partial charge in [0.05, 0.1) is 18.5 Å². The summed E-state index contributed by atoms with van der Waals surface area (Å²) in [4.78, 5) is 4.30. The second kappa shape index (κ2) is 3.67. The minimum atomic E-state index is 0.752. The van der Waals surface area contributed by atoms with Crippen molar-refractivity contribution in [2.75, 3.05) is 6.61 Å². The second-order valence-corrected chi connectivity index (χ2v) is 4.15. The summed E-state index contributed by atoms with van der Waals surface area (Å²) < 4.78 is 7.65. The van der Waals surface area contributed by atoms with Gasteiger partial charge in [-0.25, -0.2) is 4.98 Å². The van der Waals surface area contributed by atoms with E-state index in [4.69, 9.17) is 4.74 Å². The number of hydrogen-bond acceptors (Lipinski definition) is 2. The van der Waals surface area contributed by atoms with Crippen LogP contribution in [0.2, 0.25) is 0 Å². The summed E-state index contributed by atoms with van der Waals surface area (Å²) in [6.45, 7) is 3.88. The van der Waals surface area contributed by atoms with Crippen LogP contribution in [-0.4, -0.2) is 16.2 Å². The van der Waals surface area contributed by atoms with E-state index in [0.717, 1.165) is 31.3 Å². The maximum Gasteiger partial charge on any atom is 0.296 e. The van der Waals surface area contributed by atoms with E-state index >= 15 is 0 Å². The smallest absolute Gasteiger partial charge is 0.296 e. The quantitative estimate of drug-likeness (QED) is 0.729.